The molecule has 0 aliphatic carbocycles. The maximum atomic E-state index is 14.1. The first-order chi connectivity index (χ1) is 13.9. The zero-order chi connectivity index (χ0) is 21.0. The summed E-state index contributed by atoms with van der Waals surface area (Å²) in [5.41, 5.74) is -0.286. The number of piperidine rings is 1. The summed E-state index contributed by atoms with van der Waals surface area (Å²) in [5.74, 6) is -1.04. The van der Waals surface area contributed by atoms with E-state index in [2.05, 4.69) is 31.2 Å². The fourth-order valence-electron chi connectivity index (χ4n) is 3.17. The molecule has 2 heterocycles. The third kappa shape index (κ3) is 4.78. The highest BCUT2D eigenvalue weighted by Crippen LogP contribution is 2.36. The van der Waals surface area contributed by atoms with Gasteiger partial charge >= 0.3 is 11.7 Å². The maximum absolute atomic E-state index is 14.1. The number of nitro groups is 1. The first kappa shape index (κ1) is 20.9. The van der Waals surface area contributed by atoms with Gasteiger partial charge in [-0.25, -0.2) is 14.4 Å². The van der Waals surface area contributed by atoms with Crippen molar-refractivity contribution in [3.63, 3.8) is 0 Å². The molecule has 1 aliphatic heterocycles. The number of carbonyl (C=O) groups excluding carboxylic acids is 1. The van der Waals surface area contributed by atoms with E-state index in [-0.39, 0.29) is 34.9 Å². The van der Waals surface area contributed by atoms with Gasteiger partial charge in [0, 0.05) is 17.6 Å². The average molecular weight is 468 g/mol. The molecule has 0 atom stereocenters. The van der Waals surface area contributed by atoms with Gasteiger partial charge in [-0.1, -0.05) is 15.9 Å². The van der Waals surface area contributed by atoms with Crippen molar-refractivity contribution in [2.45, 2.75) is 19.8 Å². The van der Waals surface area contributed by atoms with Gasteiger partial charge in [0.2, 0.25) is 11.6 Å². The van der Waals surface area contributed by atoms with Crippen LogP contribution < -0.4 is 10.2 Å². The van der Waals surface area contributed by atoms with E-state index in [1.165, 1.54) is 18.5 Å². The van der Waals surface area contributed by atoms with Crippen molar-refractivity contribution in [1.82, 2.24) is 9.97 Å². The summed E-state index contributed by atoms with van der Waals surface area (Å²) in [6.45, 7) is 2.89. The van der Waals surface area contributed by atoms with Crippen molar-refractivity contribution in [1.29, 1.82) is 0 Å². The van der Waals surface area contributed by atoms with Gasteiger partial charge in [-0.2, -0.15) is 0 Å². The number of aromatic nitrogens is 2. The minimum absolute atomic E-state index is 0.0574. The number of hydrogen-bond acceptors (Lipinski definition) is 8. The lowest BCUT2D eigenvalue weighted by molar-refractivity contribution is -0.383. The normalized spacial score (nSPS) is 14.5. The van der Waals surface area contributed by atoms with E-state index in [0.717, 1.165) is 0 Å². The minimum Gasteiger partial charge on any atom is -0.466 e. The van der Waals surface area contributed by atoms with E-state index in [9.17, 15) is 19.3 Å². The molecule has 1 aromatic carbocycles. The summed E-state index contributed by atoms with van der Waals surface area (Å²) >= 11 is 3.17. The minimum atomic E-state index is -0.591. The van der Waals surface area contributed by atoms with Gasteiger partial charge in [0.05, 0.1) is 23.1 Å². The lowest BCUT2D eigenvalue weighted by Crippen LogP contribution is -2.37. The maximum Gasteiger partial charge on any atom is 0.353 e. The van der Waals surface area contributed by atoms with Gasteiger partial charge in [-0.3, -0.25) is 14.9 Å². The zero-order valence-electron chi connectivity index (χ0n) is 15.6. The Balaban J connectivity index is 1.84. The number of nitrogens with one attached hydrogen (secondary N) is 1. The molecule has 0 bridgehead atoms. The summed E-state index contributed by atoms with van der Waals surface area (Å²) < 4.78 is 19.7. The van der Waals surface area contributed by atoms with Crippen LogP contribution in [0.15, 0.2) is 29.0 Å². The van der Waals surface area contributed by atoms with Crippen molar-refractivity contribution in [3.8, 4) is 0 Å². The quantitative estimate of drug-likeness (QED) is 0.387. The Morgan fingerprint density at radius 3 is 2.76 bits per heavy atom. The molecule has 154 valence electrons. The zero-order valence-corrected chi connectivity index (χ0v) is 17.2. The third-order valence-electron chi connectivity index (χ3n) is 4.58. The third-order valence-corrected chi connectivity index (χ3v) is 5.08. The molecule has 3 rings (SSSR count). The Morgan fingerprint density at radius 2 is 2.14 bits per heavy atom. The molecule has 1 aromatic heterocycles. The number of hydrogen-bond donors (Lipinski definition) is 1. The number of nitrogens with zero attached hydrogens (tertiary/aromatic N) is 4. The van der Waals surface area contributed by atoms with Crippen molar-refractivity contribution in [2.24, 2.45) is 5.92 Å². The van der Waals surface area contributed by atoms with Crippen molar-refractivity contribution >= 4 is 44.9 Å². The molecule has 2 aromatic rings. The molecule has 1 N–H and O–H groups in total. The lowest BCUT2D eigenvalue weighted by atomic mass is 9.97. The Labute approximate surface area is 174 Å². The van der Waals surface area contributed by atoms with Gasteiger partial charge in [0.15, 0.2) is 0 Å². The van der Waals surface area contributed by atoms with E-state index >= 15 is 0 Å². The summed E-state index contributed by atoms with van der Waals surface area (Å²) in [5, 5.41) is 14.4. The van der Waals surface area contributed by atoms with Crippen LogP contribution >= 0.6 is 15.9 Å². The number of ether oxygens (including phenoxy) is 1. The van der Waals surface area contributed by atoms with Crippen LogP contribution in [0.25, 0.3) is 0 Å². The molecule has 0 saturated carbocycles. The highest BCUT2D eigenvalue weighted by Gasteiger charge is 2.32. The molecule has 0 radical (unpaired) electrons. The first-order valence-corrected chi connectivity index (χ1v) is 9.83. The Bertz CT molecular complexity index is 921. The topological polar surface area (TPSA) is 110 Å². The van der Waals surface area contributed by atoms with Crippen LogP contribution in [-0.4, -0.2) is 40.6 Å². The van der Waals surface area contributed by atoms with Gasteiger partial charge in [0.1, 0.15) is 12.1 Å². The van der Waals surface area contributed by atoms with Crippen molar-refractivity contribution in [2.75, 3.05) is 29.9 Å². The van der Waals surface area contributed by atoms with Crippen molar-refractivity contribution < 1.29 is 18.8 Å². The van der Waals surface area contributed by atoms with Crippen LogP contribution in [0.4, 0.5) is 27.4 Å². The predicted molar refractivity (Wildman–Crippen MR) is 108 cm³/mol. The average Bonchev–Trinajstić information content (AvgIpc) is 2.70. The van der Waals surface area contributed by atoms with Gasteiger partial charge < -0.3 is 15.0 Å². The molecule has 1 saturated heterocycles. The number of esters is 1. The van der Waals surface area contributed by atoms with Crippen LogP contribution in [0.3, 0.4) is 0 Å². The van der Waals surface area contributed by atoms with E-state index in [0.29, 0.717) is 37.0 Å². The predicted octanol–water partition coefficient (Wildman–Crippen LogP) is 3.81. The van der Waals surface area contributed by atoms with Crippen LogP contribution in [0.5, 0.6) is 0 Å². The molecule has 1 fully saturated rings. The van der Waals surface area contributed by atoms with Crippen LogP contribution in [-0.2, 0) is 9.53 Å². The van der Waals surface area contributed by atoms with Gasteiger partial charge in [0.25, 0.3) is 0 Å². The molecule has 0 amide bonds. The van der Waals surface area contributed by atoms with Crippen LogP contribution in [0, 0.1) is 21.8 Å². The second-order valence-corrected chi connectivity index (χ2v) is 7.33. The summed E-state index contributed by atoms with van der Waals surface area (Å²) in [4.78, 5) is 32.8. The Hall–Kier alpha value is -2.82. The van der Waals surface area contributed by atoms with Crippen LogP contribution in [0.2, 0.25) is 0 Å². The standard InChI is InChI=1S/C18H19BrFN5O4/c1-2-29-18(26)11-5-7-24(8-6-11)17-15(25(27)28)16(21-10-22-17)23-14-4-3-12(19)9-13(14)20/h3-4,9-11H,2,5-8H2,1H3,(H,21,22,23). The molecular weight excluding hydrogens is 449 g/mol. The smallest absolute Gasteiger partial charge is 0.353 e. The SMILES string of the molecule is CCOC(=O)C1CCN(c2ncnc(Nc3ccc(Br)cc3F)c2[N+](=O)[O-])CC1. The largest absolute Gasteiger partial charge is 0.466 e. The fraction of sp³-hybridized carbons (Fsp3) is 0.389. The van der Waals surface area contributed by atoms with Gasteiger partial charge in [-0.05, 0) is 38.0 Å². The van der Waals surface area contributed by atoms with E-state index in [4.69, 9.17) is 4.74 Å². The molecule has 1 aliphatic rings. The highest BCUT2D eigenvalue weighted by atomic mass is 79.9. The fourth-order valence-corrected chi connectivity index (χ4v) is 3.50. The highest BCUT2D eigenvalue weighted by molar-refractivity contribution is 9.10. The van der Waals surface area contributed by atoms with E-state index in [1.807, 2.05) is 0 Å². The molecule has 29 heavy (non-hydrogen) atoms. The van der Waals surface area contributed by atoms with Crippen molar-refractivity contribution in [3.05, 3.63) is 44.9 Å². The monoisotopic (exact) mass is 467 g/mol. The second kappa shape index (κ2) is 9.12. The van der Waals surface area contributed by atoms with E-state index < -0.39 is 10.7 Å². The molecular formula is C18H19BrFN5O4. The Morgan fingerprint density at radius 1 is 1.41 bits per heavy atom. The number of rotatable bonds is 6. The molecule has 0 spiro atoms. The Kier molecular flexibility index (Phi) is 6.57. The summed E-state index contributed by atoms with van der Waals surface area (Å²) in [6, 6.07) is 4.31. The molecule has 9 nitrogen and oxygen atoms in total. The first-order valence-electron chi connectivity index (χ1n) is 9.03. The summed E-state index contributed by atoms with van der Waals surface area (Å²) in [7, 11) is 0. The second-order valence-electron chi connectivity index (χ2n) is 6.41. The lowest BCUT2D eigenvalue weighted by Gasteiger charge is -2.31. The number of carbonyl (C=O) groups is 1. The summed E-state index contributed by atoms with van der Waals surface area (Å²) in [6.07, 6.45) is 2.20. The van der Waals surface area contributed by atoms with Crippen LogP contribution in [0.1, 0.15) is 19.8 Å². The number of benzene rings is 1. The molecule has 11 heteroatoms. The number of halogens is 2. The van der Waals surface area contributed by atoms with E-state index in [1.54, 1.807) is 17.9 Å². The van der Waals surface area contributed by atoms with Gasteiger partial charge in [-0.15, -0.1) is 0 Å². The molecule has 0 unspecified atom stereocenters. The number of anilines is 3.